The first kappa shape index (κ1) is 15.9. The van der Waals surface area contributed by atoms with Crippen molar-refractivity contribution in [2.45, 2.75) is 20.8 Å². The third-order valence-electron chi connectivity index (χ3n) is 4.19. The minimum absolute atomic E-state index is 0.103. The van der Waals surface area contributed by atoms with E-state index in [2.05, 4.69) is 10.4 Å². The molecular formula is C19H19N3O2. The van der Waals surface area contributed by atoms with E-state index in [0.717, 1.165) is 16.7 Å². The minimum Gasteiger partial charge on any atom is -0.320 e. The number of hydrogen-bond acceptors (Lipinski definition) is 3. The Bertz CT molecular complexity index is 1020. The van der Waals surface area contributed by atoms with Crippen molar-refractivity contribution in [1.29, 1.82) is 0 Å². The molecule has 0 saturated carbocycles. The fourth-order valence-electron chi connectivity index (χ4n) is 2.65. The lowest BCUT2D eigenvalue weighted by molar-refractivity contribution is 0.101. The first-order valence-corrected chi connectivity index (χ1v) is 7.73. The molecule has 0 aliphatic carbocycles. The van der Waals surface area contributed by atoms with Crippen LogP contribution in [0.3, 0.4) is 0 Å². The first-order valence-electron chi connectivity index (χ1n) is 7.73. The molecule has 1 aromatic heterocycles. The van der Waals surface area contributed by atoms with Crippen LogP contribution in [0, 0.1) is 20.8 Å². The van der Waals surface area contributed by atoms with Crippen LogP contribution in [0.2, 0.25) is 0 Å². The van der Waals surface area contributed by atoms with Gasteiger partial charge in [-0.25, -0.2) is 0 Å². The molecule has 5 heteroatoms. The number of benzene rings is 2. The predicted octanol–water partition coefficient (Wildman–Crippen LogP) is 3.11. The summed E-state index contributed by atoms with van der Waals surface area (Å²) in [6.45, 7) is 5.89. The maximum atomic E-state index is 12.6. The van der Waals surface area contributed by atoms with Crippen molar-refractivity contribution in [1.82, 2.24) is 9.78 Å². The SMILES string of the molecule is Cc1ccc2c(c1)c(=O)c(C(=O)Nc1ccc(C)c(C)c1)nn2C. The number of rotatable bonds is 2. The molecule has 122 valence electrons. The van der Waals surface area contributed by atoms with Gasteiger partial charge in [0.1, 0.15) is 0 Å². The highest BCUT2D eigenvalue weighted by Crippen LogP contribution is 2.15. The molecule has 24 heavy (non-hydrogen) atoms. The number of carbonyl (C=O) groups is 1. The fourth-order valence-corrected chi connectivity index (χ4v) is 2.65. The quantitative estimate of drug-likeness (QED) is 0.789. The number of fused-ring (bicyclic) bond motifs is 1. The monoisotopic (exact) mass is 321 g/mol. The summed E-state index contributed by atoms with van der Waals surface area (Å²) in [5.74, 6) is -0.498. The average Bonchev–Trinajstić information content (AvgIpc) is 2.54. The lowest BCUT2D eigenvalue weighted by Gasteiger charge is -2.10. The number of hydrogen-bond donors (Lipinski definition) is 1. The van der Waals surface area contributed by atoms with E-state index in [9.17, 15) is 9.59 Å². The molecule has 0 radical (unpaired) electrons. The normalized spacial score (nSPS) is 10.8. The van der Waals surface area contributed by atoms with E-state index in [0.29, 0.717) is 16.6 Å². The van der Waals surface area contributed by atoms with Crippen LogP contribution in [0.5, 0.6) is 0 Å². The molecule has 3 rings (SSSR count). The Kier molecular flexibility index (Phi) is 3.93. The van der Waals surface area contributed by atoms with Crippen LogP contribution < -0.4 is 10.7 Å². The zero-order valence-electron chi connectivity index (χ0n) is 14.2. The fraction of sp³-hybridized carbons (Fsp3) is 0.211. The zero-order chi connectivity index (χ0) is 17.4. The van der Waals surface area contributed by atoms with E-state index in [4.69, 9.17) is 0 Å². The number of carbonyl (C=O) groups excluding carboxylic acids is 1. The van der Waals surface area contributed by atoms with Gasteiger partial charge >= 0.3 is 0 Å². The van der Waals surface area contributed by atoms with Crippen LogP contribution in [0.15, 0.2) is 41.2 Å². The summed E-state index contributed by atoms with van der Waals surface area (Å²) in [5.41, 5.74) is 4.07. The molecule has 1 N–H and O–H groups in total. The second-order valence-corrected chi connectivity index (χ2v) is 6.08. The summed E-state index contributed by atoms with van der Waals surface area (Å²) in [5, 5.41) is 7.42. The molecule has 0 saturated heterocycles. The van der Waals surface area contributed by atoms with Crippen molar-refractivity contribution in [3.8, 4) is 0 Å². The molecular weight excluding hydrogens is 302 g/mol. The van der Waals surface area contributed by atoms with Crippen LogP contribution in [-0.4, -0.2) is 15.7 Å². The van der Waals surface area contributed by atoms with Crippen LogP contribution in [-0.2, 0) is 7.05 Å². The van der Waals surface area contributed by atoms with E-state index in [1.54, 1.807) is 17.8 Å². The van der Waals surface area contributed by atoms with Gasteiger partial charge in [0.25, 0.3) is 5.91 Å². The average molecular weight is 321 g/mol. The van der Waals surface area contributed by atoms with Gasteiger partial charge in [-0.3, -0.25) is 14.3 Å². The van der Waals surface area contributed by atoms with Gasteiger partial charge in [-0.1, -0.05) is 17.7 Å². The largest absolute Gasteiger partial charge is 0.320 e. The van der Waals surface area contributed by atoms with E-state index in [-0.39, 0.29) is 11.1 Å². The molecule has 1 heterocycles. The Morgan fingerprint density at radius 3 is 2.50 bits per heavy atom. The Hall–Kier alpha value is -2.95. The van der Waals surface area contributed by atoms with Gasteiger partial charge in [0.2, 0.25) is 5.43 Å². The molecule has 0 aliphatic rings. The van der Waals surface area contributed by atoms with Crippen molar-refractivity contribution in [2.75, 3.05) is 5.32 Å². The molecule has 0 unspecified atom stereocenters. The molecule has 2 aromatic carbocycles. The summed E-state index contributed by atoms with van der Waals surface area (Å²) < 4.78 is 1.56. The third kappa shape index (κ3) is 2.80. The lowest BCUT2D eigenvalue weighted by Crippen LogP contribution is -2.26. The van der Waals surface area contributed by atoms with E-state index >= 15 is 0 Å². The van der Waals surface area contributed by atoms with Crippen LogP contribution >= 0.6 is 0 Å². The molecule has 5 nitrogen and oxygen atoms in total. The van der Waals surface area contributed by atoms with Gasteiger partial charge in [0.05, 0.1) is 10.9 Å². The highest BCUT2D eigenvalue weighted by atomic mass is 16.2. The number of amides is 1. The second kappa shape index (κ2) is 5.92. The summed E-state index contributed by atoms with van der Waals surface area (Å²) in [6.07, 6.45) is 0. The molecule has 0 fully saturated rings. The summed E-state index contributed by atoms with van der Waals surface area (Å²) in [7, 11) is 1.73. The number of nitrogens with one attached hydrogen (secondary N) is 1. The van der Waals surface area contributed by atoms with E-state index in [1.165, 1.54) is 0 Å². The number of aryl methyl sites for hydroxylation is 4. The minimum atomic E-state index is -0.498. The van der Waals surface area contributed by atoms with Crippen molar-refractivity contribution in [3.05, 3.63) is 69.0 Å². The molecule has 1 amide bonds. The smallest absolute Gasteiger partial charge is 0.280 e. The highest BCUT2D eigenvalue weighted by molar-refractivity contribution is 6.04. The van der Waals surface area contributed by atoms with Crippen molar-refractivity contribution < 1.29 is 4.79 Å². The molecule has 0 bridgehead atoms. The maximum absolute atomic E-state index is 12.6. The Morgan fingerprint density at radius 1 is 1.04 bits per heavy atom. The number of aromatic nitrogens is 2. The van der Waals surface area contributed by atoms with E-state index in [1.807, 2.05) is 51.1 Å². The first-order chi connectivity index (χ1) is 11.4. The van der Waals surface area contributed by atoms with E-state index < -0.39 is 5.91 Å². The summed E-state index contributed by atoms with van der Waals surface area (Å²) >= 11 is 0. The zero-order valence-corrected chi connectivity index (χ0v) is 14.2. The van der Waals surface area contributed by atoms with Gasteiger partial charge in [-0.15, -0.1) is 0 Å². The third-order valence-corrected chi connectivity index (χ3v) is 4.19. The second-order valence-electron chi connectivity index (χ2n) is 6.08. The molecule has 0 atom stereocenters. The predicted molar refractivity (Wildman–Crippen MR) is 95.6 cm³/mol. The van der Waals surface area contributed by atoms with Crippen molar-refractivity contribution >= 4 is 22.5 Å². The van der Waals surface area contributed by atoms with Crippen LogP contribution in [0.4, 0.5) is 5.69 Å². The van der Waals surface area contributed by atoms with Gasteiger partial charge in [-0.05, 0) is 56.2 Å². The standard InChI is InChI=1S/C19H19N3O2/c1-11-5-8-16-15(9-11)18(23)17(21-22(16)4)19(24)20-14-7-6-12(2)13(3)10-14/h5-10H,1-4H3,(H,20,24). The Labute approximate surface area is 139 Å². The Morgan fingerprint density at radius 2 is 1.79 bits per heavy atom. The molecule has 0 spiro atoms. The van der Waals surface area contributed by atoms with Gasteiger partial charge < -0.3 is 5.32 Å². The van der Waals surface area contributed by atoms with Gasteiger partial charge in [0.15, 0.2) is 5.69 Å². The highest BCUT2D eigenvalue weighted by Gasteiger charge is 2.17. The van der Waals surface area contributed by atoms with Crippen LogP contribution in [0.1, 0.15) is 27.2 Å². The molecule has 0 aliphatic heterocycles. The van der Waals surface area contributed by atoms with Crippen molar-refractivity contribution in [3.63, 3.8) is 0 Å². The maximum Gasteiger partial charge on any atom is 0.280 e. The summed E-state index contributed by atoms with van der Waals surface area (Å²) in [4.78, 5) is 25.2. The Balaban J connectivity index is 2.05. The number of nitrogens with zero attached hydrogens (tertiary/aromatic N) is 2. The van der Waals surface area contributed by atoms with Crippen molar-refractivity contribution in [2.24, 2.45) is 7.05 Å². The van der Waals surface area contributed by atoms with Crippen LogP contribution in [0.25, 0.3) is 10.9 Å². The topological polar surface area (TPSA) is 64.0 Å². The lowest BCUT2D eigenvalue weighted by atomic mass is 10.1. The summed E-state index contributed by atoms with van der Waals surface area (Å²) in [6, 6.07) is 11.2. The van der Waals surface area contributed by atoms with Gasteiger partial charge in [0, 0.05) is 12.7 Å². The van der Waals surface area contributed by atoms with Gasteiger partial charge in [-0.2, -0.15) is 5.10 Å². The molecule has 3 aromatic rings. The number of anilines is 1.